The molecule has 20 heavy (non-hydrogen) atoms. The van der Waals surface area contributed by atoms with Crippen molar-refractivity contribution in [2.24, 2.45) is 0 Å². The molecule has 0 radical (unpaired) electrons. The van der Waals surface area contributed by atoms with Gasteiger partial charge in [-0.15, -0.1) is 10.2 Å². The quantitative estimate of drug-likeness (QED) is 0.824. The molecule has 2 rings (SSSR count). The summed E-state index contributed by atoms with van der Waals surface area (Å²) in [5.41, 5.74) is -0.381. The van der Waals surface area contributed by atoms with Gasteiger partial charge in [0.1, 0.15) is 12.0 Å². The van der Waals surface area contributed by atoms with Crippen molar-refractivity contribution in [3.8, 4) is 0 Å². The molecular formula is C12H14N4O4. The van der Waals surface area contributed by atoms with Crippen molar-refractivity contribution in [1.29, 1.82) is 0 Å². The second-order valence-electron chi connectivity index (χ2n) is 5.17. The van der Waals surface area contributed by atoms with Gasteiger partial charge in [-0.2, -0.15) is 9.61 Å². The number of esters is 1. The van der Waals surface area contributed by atoms with E-state index in [0.717, 1.165) is 0 Å². The van der Waals surface area contributed by atoms with Crippen LogP contribution >= 0.6 is 0 Å². The van der Waals surface area contributed by atoms with Crippen LogP contribution in [0.4, 0.5) is 0 Å². The minimum absolute atomic E-state index is 0.130. The lowest BCUT2D eigenvalue weighted by Gasteiger charge is -2.18. The maximum atomic E-state index is 11.7. The largest absolute Gasteiger partial charge is 0.476 e. The number of carboxylic acids is 1. The zero-order chi connectivity index (χ0) is 14.9. The fraction of sp³-hybridized carbons (Fsp3) is 0.417. The van der Waals surface area contributed by atoms with Gasteiger partial charge in [0.25, 0.3) is 0 Å². The molecule has 0 saturated carbocycles. The summed E-state index contributed by atoms with van der Waals surface area (Å²) < 4.78 is 6.40. The summed E-state index contributed by atoms with van der Waals surface area (Å²) in [6.45, 7) is 5.27. The van der Waals surface area contributed by atoms with Crippen molar-refractivity contribution >= 4 is 17.6 Å². The molecule has 2 aromatic heterocycles. The Kier molecular flexibility index (Phi) is 3.39. The number of carbonyl (C=O) groups is 2. The third-order valence-electron chi connectivity index (χ3n) is 2.27. The number of fused-ring (bicyclic) bond motifs is 1. The van der Waals surface area contributed by atoms with Crippen molar-refractivity contribution in [3.05, 3.63) is 23.7 Å². The summed E-state index contributed by atoms with van der Waals surface area (Å²) in [6.07, 6.45) is -0.130. The molecule has 0 aliphatic heterocycles. The lowest BCUT2D eigenvalue weighted by molar-refractivity contribution is -0.154. The number of ether oxygens (including phenoxy) is 1. The van der Waals surface area contributed by atoms with E-state index < -0.39 is 17.5 Å². The Morgan fingerprint density at radius 3 is 2.60 bits per heavy atom. The molecule has 0 amide bonds. The first-order valence-electron chi connectivity index (χ1n) is 5.93. The monoisotopic (exact) mass is 278 g/mol. The van der Waals surface area contributed by atoms with Crippen LogP contribution in [0.3, 0.4) is 0 Å². The summed E-state index contributed by atoms with van der Waals surface area (Å²) in [5.74, 6) is -1.41. The first-order chi connectivity index (χ1) is 9.26. The number of hydrogen-bond donors (Lipinski definition) is 1. The van der Waals surface area contributed by atoms with Gasteiger partial charge in [0.05, 0.1) is 0 Å². The lowest BCUT2D eigenvalue weighted by Crippen LogP contribution is -2.25. The second kappa shape index (κ2) is 4.87. The smallest absolute Gasteiger partial charge is 0.356 e. The van der Waals surface area contributed by atoms with Crippen LogP contribution in [0.1, 0.15) is 37.1 Å². The van der Waals surface area contributed by atoms with E-state index in [1.165, 1.54) is 16.6 Å². The van der Waals surface area contributed by atoms with Crippen molar-refractivity contribution < 1.29 is 19.4 Å². The highest BCUT2D eigenvalue weighted by Crippen LogP contribution is 2.10. The Labute approximate surface area is 114 Å². The summed E-state index contributed by atoms with van der Waals surface area (Å²) >= 11 is 0. The summed E-state index contributed by atoms with van der Waals surface area (Å²) in [6, 6.07) is 2.80. The number of carboxylic acid groups (broad SMARTS) is 1. The highest BCUT2D eigenvalue weighted by atomic mass is 16.6. The fourth-order valence-corrected chi connectivity index (χ4v) is 1.56. The van der Waals surface area contributed by atoms with Crippen molar-refractivity contribution in [2.45, 2.75) is 32.8 Å². The molecule has 1 N–H and O–H groups in total. The molecule has 0 aromatic carbocycles. The summed E-state index contributed by atoms with van der Waals surface area (Å²) in [5, 5.41) is 20.4. The predicted molar refractivity (Wildman–Crippen MR) is 67.3 cm³/mol. The zero-order valence-electron chi connectivity index (χ0n) is 11.3. The topological polar surface area (TPSA) is 107 Å². The van der Waals surface area contributed by atoms with Crippen LogP contribution in [0.25, 0.3) is 5.65 Å². The van der Waals surface area contributed by atoms with Gasteiger partial charge in [0.15, 0.2) is 17.2 Å². The van der Waals surface area contributed by atoms with E-state index in [-0.39, 0.29) is 17.9 Å². The predicted octanol–water partition coefficient (Wildman–Crippen LogP) is 0.707. The highest BCUT2D eigenvalue weighted by molar-refractivity contribution is 5.85. The Balaban J connectivity index is 2.28. The average Bonchev–Trinajstić information content (AvgIpc) is 2.69. The number of aromatic nitrogens is 4. The molecule has 0 fully saturated rings. The van der Waals surface area contributed by atoms with Crippen LogP contribution in [0, 0.1) is 0 Å². The van der Waals surface area contributed by atoms with Crippen molar-refractivity contribution in [1.82, 2.24) is 19.8 Å². The van der Waals surface area contributed by atoms with Crippen LogP contribution < -0.4 is 0 Å². The number of hydrogen-bond acceptors (Lipinski definition) is 6. The first-order valence-corrected chi connectivity index (χ1v) is 5.93. The lowest BCUT2D eigenvalue weighted by atomic mass is 10.2. The SMILES string of the molecule is CC(C)(C)OC(=O)Cc1nnc2ccc(C(=O)O)nn12. The second-order valence-corrected chi connectivity index (χ2v) is 5.17. The van der Waals surface area contributed by atoms with Crippen LogP contribution in [0.15, 0.2) is 12.1 Å². The molecule has 2 heterocycles. The number of rotatable bonds is 3. The molecule has 106 valence electrons. The zero-order valence-corrected chi connectivity index (χ0v) is 11.3. The van der Waals surface area contributed by atoms with Gasteiger partial charge in [-0.3, -0.25) is 4.79 Å². The molecular weight excluding hydrogens is 264 g/mol. The fourth-order valence-electron chi connectivity index (χ4n) is 1.56. The van der Waals surface area contributed by atoms with Gasteiger partial charge in [-0.05, 0) is 32.9 Å². The van der Waals surface area contributed by atoms with Gasteiger partial charge in [0.2, 0.25) is 0 Å². The number of nitrogens with zero attached hydrogens (tertiary/aromatic N) is 4. The summed E-state index contributed by atoms with van der Waals surface area (Å²) in [7, 11) is 0. The van der Waals surface area contributed by atoms with E-state index in [1.807, 2.05) is 0 Å². The van der Waals surface area contributed by atoms with E-state index in [4.69, 9.17) is 9.84 Å². The third-order valence-corrected chi connectivity index (χ3v) is 2.27. The molecule has 0 aliphatic rings. The molecule has 2 aromatic rings. The molecule has 0 bridgehead atoms. The maximum Gasteiger partial charge on any atom is 0.356 e. The first kappa shape index (κ1) is 13.9. The van der Waals surface area contributed by atoms with Crippen LogP contribution in [0.2, 0.25) is 0 Å². The molecule has 0 aliphatic carbocycles. The summed E-state index contributed by atoms with van der Waals surface area (Å²) in [4.78, 5) is 22.6. The molecule has 0 spiro atoms. The van der Waals surface area contributed by atoms with Crippen molar-refractivity contribution in [2.75, 3.05) is 0 Å². The molecule has 8 heteroatoms. The molecule has 0 unspecified atom stereocenters. The number of aromatic carboxylic acids is 1. The number of carbonyl (C=O) groups excluding carboxylic acids is 1. The molecule has 8 nitrogen and oxygen atoms in total. The van der Waals surface area contributed by atoms with Gasteiger partial charge >= 0.3 is 11.9 Å². The van der Waals surface area contributed by atoms with Gasteiger partial charge in [0, 0.05) is 0 Å². The van der Waals surface area contributed by atoms with E-state index in [2.05, 4.69) is 15.3 Å². The average molecular weight is 278 g/mol. The molecule has 0 atom stereocenters. The Morgan fingerprint density at radius 2 is 2.00 bits per heavy atom. The van der Waals surface area contributed by atoms with E-state index in [9.17, 15) is 9.59 Å². The van der Waals surface area contributed by atoms with E-state index in [0.29, 0.717) is 5.65 Å². The molecule has 0 saturated heterocycles. The Morgan fingerprint density at radius 1 is 1.30 bits per heavy atom. The van der Waals surface area contributed by atoms with E-state index >= 15 is 0 Å². The minimum atomic E-state index is -1.16. The van der Waals surface area contributed by atoms with Gasteiger partial charge in [-0.25, -0.2) is 4.79 Å². The standard InChI is InChI=1S/C12H14N4O4/c1-12(2,3)20-10(17)6-9-14-13-8-5-4-7(11(18)19)15-16(8)9/h4-5H,6H2,1-3H3,(H,18,19). The van der Waals surface area contributed by atoms with Gasteiger partial charge < -0.3 is 9.84 Å². The maximum absolute atomic E-state index is 11.7. The van der Waals surface area contributed by atoms with Crippen molar-refractivity contribution in [3.63, 3.8) is 0 Å². The van der Waals surface area contributed by atoms with Crippen LogP contribution in [-0.2, 0) is 16.0 Å². The van der Waals surface area contributed by atoms with Crippen LogP contribution in [-0.4, -0.2) is 42.5 Å². The minimum Gasteiger partial charge on any atom is -0.476 e. The third kappa shape index (κ3) is 3.08. The van der Waals surface area contributed by atoms with Gasteiger partial charge in [-0.1, -0.05) is 0 Å². The normalized spacial score (nSPS) is 11.6. The Hall–Kier alpha value is -2.51. The van der Waals surface area contributed by atoms with E-state index in [1.54, 1.807) is 20.8 Å². The Bertz CT molecular complexity index is 672. The highest BCUT2D eigenvalue weighted by Gasteiger charge is 2.19. The van der Waals surface area contributed by atoms with Crippen LogP contribution in [0.5, 0.6) is 0 Å².